The number of hydrogen-bond donors (Lipinski definition) is 2. The van der Waals surface area contributed by atoms with Gasteiger partial charge in [0.25, 0.3) is 0 Å². The quantitative estimate of drug-likeness (QED) is 0.624. The summed E-state index contributed by atoms with van der Waals surface area (Å²) in [5.41, 5.74) is 0. The van der Waals surface area contributed by atoms with Gasteiger partial charge in [0.2, 0.25) is 5.91 Å². The largest absolute Gasteiger partial charge is 0.356 e. The van der Waals surface area contributed by atoms with Gasteiger partial charge < -0.3 is 10.3 Å². The Morgan fingerprint density at radius 3 is 2.77 bits per heavy atom. The molecule has 0 saturated carbocycles. The summed E-state index contributed by atoms with van der Waals surface area (Å²) in [6.07, 6.45) is 7.70. The lowest BCUT2D eigenvalue weighted by Crippen LogP contribution is -2.17. The van der Waals surface area contributed by atoms with Crippen LogP contribution in [0.3, 0.4) is 0 Å². The first kappa shape index (κ1) is 9.51. The Hall–Kier alpha value is -1.58. The molecule has 13 heavy (non-hydrogen) atoms. The lowest BCUT2D eigenvalue weighted by molar-refractivity contribution is -0.121. The molecule has 0 bridgehead atoms. The molecule has 70 valence electrons. The molecule has 1 aliphatic heterocycles. The number of hydrogen-bond acceptors (Lipinski definition) is 2. The topological polar surface area (TPSA) is 57.8 Å². The van der Waals surface area contributed by atoms with Crippen LogP contribution in [0.25, 0.3) is 0 Å². The van der Waals surface area contributed by atoms with E-state index in [1.54, 1.807) is 24.8 Å². The molecule has 2 rings (SSSR count). The molecule has 1 fully saturated rings. The number of carbonyl (C=O) groups excluding carboxylic acids is 1. The maximum atomic E-state index is 10.6. The Morgan fingerprint density at radius 2 is 2.54 bits per heavy atom. The molecule has 0 radical (unpaired) electrons. The molecule has 1 atom stereocenters. The number of rotatable bonds is 1. The van der Waals surface area contributed by atoms with Crippen LogP contribution in [-0.2, 0) is 4.79 Å². The number of amides is 1. The van der Waals surface area contributed by atoms with Crippen LogP contribution in [0.2, 0.25) is 0 Å². The van der Waals surface area contributed by atoms with Gasteiger partial charge >= 0.3 is 0 Å². The first-order valence-corrected chi connectivity index (χ1v) is 4.17. The van der Waals surface area contributed by atoms with E-state index in [1.807, 2.05) is 0 Å². The zero-order chi connectivity index (χ0) is 9.52. The van der Waals surface area contributed by atoms with Gasteiger partial charge in [-0.2, -0.15) is 0 Å². The number of nitrogens with zero attached hydrogens (tertiary/aromatic N) is 1. The van der Waals surface area contributed by atoms with Crippen molar-refractivity contribution in [3.8, 4) is 0 Å². The van der Waals surface area contributed by atoms with Crippen LogP contribution in [0.1, 0.15) is 6.42 Å². The van der Waals surface area contributed by atoms with Crippen LogP contribution < -0.4 is 5.32 Å². The molecule has 4 heteroatoms. The second kappa shape index (κ2) is 5.13. The number of aromatic nitrogens is 2. The highest BCUT2D eigenvalue weighted by Gasteiger charge is 2.19. The Morgan fingerprint density at radius 1 is 1.69 bits per heavy atom. The van der Waals surface area contributed by atoms with Crippen LogP contribution in [0.4, 0.5) is 0 Å². The molecular formula is C9H13N3O. The Kier molecular flexibility index (Phi) is 3.75. The molecule has 2 heterocycles. The van der Waals surface area contributed by atoms with Gasteiger partial charge in [0.1, 0.15) is 0 Å². The van der Waals surface area contributed by atoms with Crippen molar-refractivity contribution in [1.82, 2.24) is 15.3 Å². The maximum Gasteiger partial charge on any atom is 0.226 e. The molecule has 1 aromatic rings. The highest BCUT2D eigenvalue weighted by Crippen LogP contribution is 2.08. The lowest BCUT2D eigenvalue weighted by Gasteiger charge is -1.93. The van der Waals surface area contributed by atoms with Crippen LogP contribution in [0.5, 0.6) is 0 Å². The molecule has 1 amide bonds. The summed E-state index contributed by atoms with van der Waals surface area (Å²) >= 11 is 0. The molecular weight excluding hydrogens is 166 g/mol. The van der Waals surface area contributed by atoms with Crippen molar-refractivity contribution in [2.24, 2.45) is 5.92 Å². The third kappa shape index (κ3) is 3.11. The first-order valence-electron chi connectivity index (χ1n) is 4.17. The van der Waals surface area contributed by atoms with Crippen LogP contribution >= 0.6 is 0 Å². The molecule has 1 aliphatic rings. The highest BCUT2D eigenvalue weighted by molar-refractivity contribution is 5.82. The standard InChI is InChI=1S/C6H9NO.C3H4N2/c1-2-5-3-4-7-6(5)8;1-2-5-3-4-1/h2,5H,1,3-4H2,(H,7,8);1-3H,(H,4,5). The smallest absolute Gasteiger partial charge is 0.226 e. The highest BCUT2D eigenvalue weighted by atomic mass is 16.2. The van der Waals surface area contributed by atoms with E-state index in [2.05, 4.69) is 21.9 Å². The van der Waals surface area contributed by atoms with Gasteiger partial charge in [-0.25, -0.2) is 4.98 Å². The molecule has 0 spiro atoms. The second-order valence-electron chi connectivity index (χ2n) is 2.68. The van der Waals surface area contributed by atoms with Crippen molar-refractivity contribution in [2.45, 2.75) is 6.42 Å². The fourth-order valence-corrected chi connectivity index (χ4v) is 1.05. The van der Waals surface area contributed by atoms with E-state index in [9.17, 15) is 4.79 Å². The minimum Gasteiger partial charge on any atom is -0.356 e. The summed E-state index contributed by atoms with van der Waals surface area (Å²) in [6.45, 7) is 4.35. The Bertz CT molecular complexity index is 239. The van der Waals surface area contributed by atoms with Crippen LogP contribution in [0, 0.1) is 5.92 Å². The van der Waals surface area contributed by atoms with Crippen LogP contribution in [0.15, 0.2) is 31.4 Å². The fourth-order valence-electron chi connectivity index (χ4n) is 1.05. The average Bonchev–Trinajstić information content (AvgIpc) is 2.76. The van der Waals surface area contributed by atoms with Crippen LogP contribution in [-0.4, -0.2) is 22.4 Å². The molecule has 1 aromatic heterocycles. The number of aromatic amines is 1. The summed E-state index contributed by atoms with van der Waals surface area (Å²) in [7, 11) is 0. The summed E-state index contributed by atoms with van der Waals surface area (Å²) in [6, 6.07) is 0. The van der Waals surface area contributed by atoms with Gasteiger partial charge in [-0.1, -0.05) is 6.08 Å². The fraction of sp³-hybridized carbons (Fsp3) is 0.333. The Labute approximate surface area is 77.1 Å². The number of H-pyrrole nitrogens is 1. The van der Waals surface area contributed by atoms with Crippen molar-refractivity contribution in [1.29, 1.82) is 0 Å². The van der Waals surface area contributed by atoms with Crippen molar-refractivity contribution < 1.29 is 4.79 Å². The predicted molar refractivity (Wildman–Crippen MR) is 49.9 cm³/mol. The first-order chi connectivity index (χ1) is 6.34. The minimum atomic E-state index is 0.0787. The summed E-state index contributed by atoms with van der Waals surface area (Å²) in [4.78, 5) is 17.0. The number of carbonyl (C=O) groups is 1. The molecule has 1 saturated heterocycles. The Balaban J connectivity index is 0.000000145. The van der Waals surface area contributed by atoms with Crippen molar-refractivity contribution in [3.05, 3.63) is 31.4 Å². The van der Waals surface area contributed by atoms with Gasteiger partial charge in [-0.15, -0.1) is 6.58 Å². The van der Waals surface area contributed by atoms with Gasteiger partial charge in [-0.05, 0) is 6.42 Å². The lowest BCUT2D eigenvalue weighted by atomic mass is 10.1. The molecule has 0 aromatic carbocycles. The molecule has 2 N–H and O–H groups in total. The van der Waals surface area contributed by atoms with Gasteiger partial charge in [-0.3, -0.25) is 4.79 Å². The van der Waals surface area contributed by atoms with Crippen molar-refractivity contribution >= 4 is 5.91 Å². The SMILES string of the molecule is C=CC1CCNC1=O.c1c[nH]cn1. The van der Waals surface area contributed by atoms with Gasteiger partial charge in [0.05, 0.1) is 12.2 Å². The van der Waals surface area contributed by atoms with Crippen molar-refractivity contribution in [2.75, 3.05) is 6.54 Å². The van der Waals surface area contributed by atoms with E-state index in [1.165, 1.54) is 0 Å². The van der Waals surface area contributed by atoms with Gasteiger partial charge in [0, 0.05) is 18.9 Å². The summed E-state index contributed by atoms with van der Waals surface area (Å²) in [5.74, 6) is 0.204. The zero-order valence-electron chi connectivity index (χ0n) is 7.36. The average molecular weight is 179 g/mol. The monoisotopic (exact) mass is 179 g/mol. The molecule has 0 aliphatic carbocycles. The molecule has 1 unspecified atom stereocenters. The van der Waals surface area contributed by atoms with E-state index < -0.39 is 0 Å². The second-order valence-corrected chi connectivity index (χ2v) is 2.68. The maximum absolute atomic E-state index is 10.6. The third-order valence-electron chi connectivity index (χ3n) is 1.78. The van der Waals surface area contributed by atoms with Crippen molar-refractivity contribution in [3.63, 3.8) is 0 Å². The summed E-state index contributed by atoms with van der Waals surface area (Å²) in [5, 5.41) is 2.71. The van der Waals surface area contributed by atoms with Gasteiger partial charge in [0.15, 0.2) is 0 Å². The van der Waals surface area contributed by atoms with E-state index in [0.717, 1.165) is 13.0 Å². The third-order valence-corrected chi connectivity index (χ3v) is 1.78. The summed E-state index contributed by atoms with van der Waals surface area (Å²) < 4.78 is 0. The van der Waals surface area contributed by atoms with E-state index in [-0.39, 0.29) is 11.8 Å². The number of nitrogens with one attached hydrogen (secondary N) is 2. The van der Waals surface area contributed by atoms with E-state index in [4.69, 9.17) is 0 Å². The normalized spacial score (nSPS) is 20.0. The number of imidazole rings is 1. The van der Waals surface area contributed by atoms with E-state index >= 15 is 0 Å². The molecule has 4 nitrogen and oxygen atoms in total. The minimum absolute atomic E-state index is 0.0787. The predicted octanol–water partition coefficient (Wildman–Crippen LogP) is 0.718. The zero-order valence-corrected chi connectivity index (χ0v) is 7.36. The van der Waals surface area contributed by atoms with E-state index in [0.29, 0.717) is 0 Å².